The number of nitrogens with one attached hydrogen (secondary N) is 1. The number of carbonyl (C=O) groups excluding carboxylic acids is 2. The lowest BCUT2D eigenvalue weighted by Crippen LogP contribution is -2.45. The quantitative estimate of drug-likeness (QED) is 0.856. The largest absolute Gasteiger partial charge is 0.484 e. The normalized spacial score (nSPS) is 18.3. The Bertz CT molecular complexity index is 620. The Morgan fingerprint density at radius 3 is 2.56 bits per heavy atom. The number of benzene rings is 1. The predicted octanol–water partition coefficient (Wildman–Crippen LogP) is 1.97. The smallest absolute Gasteiger partial charge is 0.260 e. The molecule has 3 rings (SSSR count). The minimum Gasteiger partial charge on any atom is -0.484 e. The Morgan fingerprint density at radius 2 is 1.92 bits per heavy atom. The van der Waals surface area contributed by atoms with E-state index in [4.69, 9.17) is 4.74 Å². The molecule has 0 aromatic heterocycles. The molecule has 25 heavy (non-hydrogen) atoms. The van der Waals surface area contributed by atoms with Crippen LogP contribution in [0.5, 0.6) is 5.75 Å². The van der Waals surface area contributed by atoms with Gasteiger partial charge in [0, 0.05) is 36.8 Å². The van der Waals surface area contributed by atoms with E-state index in [2.05, 4.69) is 24.3 Å². The maximum atomic E-state index is 12.3. The highest BCUT2D eigenvalue weighted by Gasteiger charge is 2.29. The fourth-order valence-electron chi connectivity index (χ4n) is 3.12. The predicted molar refractivity (Wildman–Crippen MR) is 96.6 cm³/mol. The molecular weight excluding hydrogens is 318 g/mol. The molecule has 1 N–H and O–H groups in total. The van der Waals surface area contributed by atoms with Crippen LogP contribution in [-0.2, 0) is 9.59 Å². The van der Waals surface area contributed by atoms with E-state index in [-0.39, 0.29) is 24.3 Å². The number of anilines is 1. The van der Waals surface area contributed by atoms with E-state index in [1.165, 1.54) is 0 Å². The van der Waals surface area contributed by atoms with Crippen LogP contribution in [0.3, 0.4) is 0 Å². The molecule has 6 nitrogen and oxygen atoms in total. The molecule has 6 heteroatoms. The van der Waals surface area contributed by atoms with Gasteiger partial charge in [-0.25, -0.2) is 0 Å². The molecule has 1 aliphatic carbocycles. The fraction of sp³-hybridized carbons (Fsp3) is 0.579. The SMILES string of the molecule is CN(C)C1CCN(C(=O)COc2cccc(NC(=O)C3CC3)c2)CC1. The third kappa shape index (κ3) is 4.95. The molecule has 1 saturated carbocycles. The van der Waals surface area contributed by atoms with Gasteiger partial charge >= 0.3 is 0 Å². The minimum absolute atomic E-state index is 0.0182. The number of ether oxygens (including phenoxy) is 1. The monoisotopic (exact) mass is 345 g/mol. The molecule has 1 aliphatic heterocycles. The second kappa shape index (κ2) is 7.87. The second-order valence-corrected chi connectivity index (χ2v) is 7.16. The van der Waals surface area contributed by atoms with Crippen LogP contribution in [0.4, 0.5) is 5.69 Å². The molecule has 1 aromatic carbocycles. The first-order chi connectivity index (χ1) is 12.0. The van der Waals surface area contributed by atoms with Crippen molar-refractivity contribution in [3.05, 3.63) is 24.3 Å². The molecule has 2 amide bonds. The first kappa shape index (κ1) is 17.7. The van der Waals surface area contributed by atoms with Crippen LogP contribution in [0.1, 0.15) is 25.7 Å². The molecule has 2 fully saturated rings. The van der Waals surface area contributed by atoms with Crippen molar-refractivity contribution in [2.24, 2.45) is 5.92 Å². The average Bonchev–Trinajstić information content (AvgIpc) is 3.45. The number of hydrogen-bond donors (Lipinski definition) is 1. The summed E-state index contributed by atoms with van der Waals surface area (Å²) in [5, 5.41) is 2.89. The van der Waals surface area contributed by atoms with Crippen molar-refractivity contribution in [2.45, 2.75) is 31.7 Å². The van der Waals surface area contributed by atoms with Gasteiger partial charge in [0.1, 0.15) is 5.75 Å². The number of rotatable bonds is 6. The molecule has 136 valence electrons. The summed E-state index contributed by atoms with van der Waals surface area (Å²) >= 11 is 0. The van der Waals surface area contributed by atoms with E-state index in [1.54, 1.807) is 12.1 Å². The molecule has 0 spiro atoms. The summed E-state index contributed by atoms with van der Waals surface area (Å²) in [4.78, 5) is 28.2. The molecule has 0 unspecified atom stereocenters. The maximum Gasteiger partial charge on any atom is 0.260 e. The third-order valence-electron chi connectivity index (χ3n) is 4.96. The summed E-state index contributed by atoms with van der Waals surface area (Å²) in [5.41, 5.74) is 0.716. The highest BCUT2D eigenvalue weighted by molar-refractivity contribution is 5.94. The van der Waals surface area contributed by atoms with Gasteiger partial charge in [0.2, 0.25) is 5.91 Å². The highest BCUT2D eigenvalue weighted by Crippen LogP contribution is 2.30. The highest BCUT2D eigenvalue weighted by atomic mass is 16.5. The number of piperidine rings is 1. The van der Waals surface area contributed by atoms with E-state index in [9.17, 15) is 9.59 Å². The molecule has 0 atom stereocenters. The van der Waals surface area contributed by atoms with Crippen LogP contribution in [0, 0.1) is 5.92 Å². The Labute approximate surface area is 149 Å². The summed E-state index contributed by atoms with van der Waals surface area (Å²) < 4.78 is 5.64. The summed E-state index contributed by atoms with van der Waals surface area (Å²) in [6.45, 7) is 1.59. The van der Waals surface area contributed by atoms with Crippen LogP contribution < -0.4 is 10.1 Å². The van der Waals surface area contributed by atoms with Crippen molar-refractivity contribution in [2.75, 3.05) is 39.1 Å². The number of nitrogens with zero attached hydrogens (tertiary/aromatic N) is 2. The number of likely N-dealkylation sites (tertiary alicyclic amines) is 1. The van der Waals surface area contributed by atoms with Gasteiger partial charge in [-0.3, -0.25) is 9.59 Å². The molecule has 0 radical (unpaired) electrons. The van der Waals surface area contributed by atoms with Gasteiger partial charge < -0.3 is 19.9 Å². The van der Waals surface area contributed by atoms with Crippen LogP contribution >= 0.6 is 0 Å². The van der Waals surface area contributed by atoms with Gasteiger partial charge in [-0.1, -0.05) is 6.07 Å². The van der Waals surface area contributed by atoms with Crippen LogP contribution in [-0.4, -0.2) is 61.4 Å². The van der Waals surface area contributed by atoms with E-state index >= 15 is 0 Å². The second-order valence-electron chi connectivity index (χ2n) is 7.16. The lowest BCUT2D eigenvalue weighted by Gasteiger charge is -2.35. The number of carbonyl (C=O) groups is 2. The molecular formula is C19H27N3O3. The summed E-state index contributed by atoms with van der Waals surface area (Å²) in [5.74, 6) is 0.850. The van der Waals surface area contributed by atoms with Gasteiger partial charge in [0.15, 0.2) is 6.61 Å². The van der Waals surface area contributed by atoms with Crippen LogP contribution in [0.2, 0.25) is 0 Å². The number of amides is 2. The van der Waals surface area contributed by atoms with Crippen molar-refractivity contribution >= 4 is 17.5 Å². The van der Waals surface area contributed by atoms with Gasteiger partial charge in [-0.15, -0.1) is 0 Å². The fourth-order valence-corrected chi connectivity index (χ4v) is 3.12. The van der Waals surface area contributed by atoms with Crippen LogP contribution in [0.15, 0.2) is 24.3 Å². The molecule has 2 aliphatic rings. The Kier molecular flexibility index (Phi) is 5.58. The summed E-state index contributed by atoms with van der Waals surface area (Å²) in [6.07, 6.45) is 3.95. The maximum absolute atomic E-state index is 12.3. The van der Waals surface area contributed by atoms with Gasteiger partial charge in [-0.2, -0.15) is 0 Å². The molecule has 1 aromatic rings. The lowest BCUT2D eigenvalue weighted by atomic mass is 10.0. The third-order valence-corrected chi connectivity index (χ3v) is 4.96. The zero-order valence-corrected chi connectivity index (χ0v) is 15.0. The Balaban J connectivity index is 1.46. The zero-order valence-electron chi connectivity index (χ0n) is 15.0. The van der Waals surface area contributed by atoms with Gasteiger partial charge in [-0.05, 0) is 51.9 Å². The van der Waals surface area contributed by atoms with Crippen molar-refractivity contribution in [3.63, 3.8) is 0 Å². The zero-order chi connectivity index (χ0) is 17.8. The van der Waals surface area contributed by atoms with Gasteiger partial charge in [0.25, 0.3) is 5.91 Å². The summed E-state index contributed by atoms with van der Waals surface area (Å²) in [7, 11) is 4.17. The number of hydrogen-bond acceptors (Lipinski definition) is 4. The average molecular weight is 345 g/mol. The lowest BCUT2D eigenvalue weighted by molar-refractivity contribution is -0.134. The van der Waals surface area contributed by atoms with Crippen molar-refractivity contribution in [1.82, 2.24) is 9.80 Å². The first-order valence-corrected chi connectivity index (χ1v) is 9.01. The van der Waals surface area contributed by atoms with E-state index in [0.29, 0.717) is 17.5 Å². The summed E-state index contributed by atoms with van der Waals surface area (Å²) in [6, 6.07) is 7.78. The minimum atomic E-state index is 0.0182. The van der Waals surface area contributed by atoms with Gasteiger partial charge in [0.05, 0.1) is 0 Å². The van der Waals surface area contributed by atoms with E-state index in [1.807, 2.05) is 17.0 Å². The van der Waals surface area contributed by atoms with E-state index in [0.717, 1.165) is 38.8 Å². The molecule has 1 heterocycles. The Hall–Kier alpha value is -2.08. The van der Waals surface area contributed by atoms with Crippen molar-refractivity contribution < 1.29 is 14.3 Å². The topological polar surface area (TPSA) is 61.9 Å². The molecule has 1 saturated heterocycles. The van der Waals surface area contributed by atoms with Crippen molar-refractivity contribution in [3.8, 4) is 5.75 Å². The van der Waals surface area contributed by atoms with E-state index < -0.39 is 0 Å². The van der Waals surface area contributed by atoms with Crippen molar-refractivity contribution in [1.29, 1.82) is 0 Å². The Morgan fingerprint density at radius 1 is 1.20 bits per heavy atom. The first-order valence-electron chi connectivity index (χ1n) is 9.01. The van der Waals surface area contributed by atoms with Crippen LogP contribution in [0.25, 0.3) is 0 Å². The standard InChI is InChI=1S/C19H27N3O3/c1-21(2)16-8-10-22(11-9-16)18(23)13-25-17-5-3-4-15(12-17)20-19(24)14-6-7-14/h3-5,12,14,16H,6-11,13H2,1-2H3,(H,20,24). The molecule has 0 bridgehead atoms.